The normalized spacial score (nSPS) is 15.2. The fourth-order valence-electron chi connectivity index (χ4n) is 2.09. The van der Waals surface area contributed by atoms with Crippen LogP contribution in [0, 0.1) is 0 Å². The number of nitrogens with zero attached hydrogens (tertiary/aromatic N) is 2. The molecule has 0 unspecified atom stereocenters. The minimum atomic E-state index is -0.575. The van der Waals surface area contributed by atoms with Crippen LogP contribution >= 0.6 is 0 Å². The Hall–Kier alpha value is -1.82. The van der Waals surface area contributed by atoms with Crippen molar-refractivity contribution in [2.24, 2.45) is 5.73 Å². The van der Waals surface area contributed by atoms with Crippen LogP contribution in [0.4, 0.5) is 11.5 Å². The van der Waals surface area contributed by atoms with Gasteiger partial charge in [-0.25, -0.2) is 4.98 Å². The summed E-state index contributed by atoms with van der Waals surface area (Å²) < 4.78 is 0. The molecule has 0 atom stereocenters. The lowest BCUT2D eigenvalue weighted by atomic mass is 9.91. The van der Waals surface area contributed by atoms with Crippen molar-refractivity contribution in [2.75, 3.05) is 23.8 Å². The van der Waals surface area contributed by atoms with E-state index in [2.05, 4.69) is 4.98 Å². The molecule has 0 radical (unpaired) electrons. The zero-order valence-electron chi connectivity index (χ0n) is 10.2. The van der Waals surface area contributed by atoms with Crippen molar-refractivity contribution in [3.63, 3.8) is 0 Å². The third-order valence-corrected chi connectivity index (χ3v) is 3.29. The van der Waals surface area contributed by atoms with Crippen LogP contribution in [0.25, 0.3) is 0 Å². The van der Waals surface area contributed by atoms with Crippen LogP contribution < -0.4 is 16.4 Å². The molecule has 2 rings (SSSR count). The Kier molecular flexibility index (Phi) is 3.66. The molecule has 98 valence electrons. The van der Waals surface area contributed by atoms with Gasteiger partial charge in [0.2, 0.25) is 0 Å². The Morgan fingerprint density at radius 1 is 1.50 bits per heavy atom. The molecule has 1 aliphatic rings. The SMILES string of the molecule is NC(=O)c1ccc(N)c(N(CCO)C2CCC2)n1. The molecule has 0 bridgehead atoms. The van der Waals surface area contributed by atoms with Gasteiger partial charge in [0.05, 0.1) is 12.3 Å². The number of carbonyl (C=O) groups excluding carboxylic acids is 1. The average molecular weight is 250 g/mol. The second kappa shape index (κ2) is 5.22. The van der Waals surface area contributed by atoms with Gasteiger partial charge >= 0.3 is 0 Å². The van der Waals surface area contributed by atoms with Crippen LogP contribution in [0.15, 0.2) is 12.1 Å². The monoisotopic (exact) mass is 250 g/mol. The number of aliphatic hydroxyl groups is 1. The van der Waals surface area contributed by atoms with Crippen LogP contribution in [0.5, 0.6) is 0 Å². The first-order chi connectivity index (χ1) is 8.63. The summed E-state index contributed by atoms with van der Waals surface area (Å²) >= 11 is 0. The fourth-order valence-corrected chi connectivity index (χ4v) is 2.09. The number of amides is 1. The molecule has 1 heterocycles. The van der Waals surface area contributed by atoms with E-state index in [0.29, 0.717) is 24.1 Å². The molecule has 0 aliphatic heterocycles. The van der Waals surface area contributed by atoms with E-state index in [0.717, 1.165) is 12.8 Å². The Morgan fingerprint density at radius 3 is 2.72 bits per heavy atom. The summed E-state index contributed by atoms with van der Waals surface area (Å²) in [7, 11) is 0. The van der Waals surface area contributed by atoms with Gasteiger partial charge in [-0.15, -0.1) is 0 Å². The maximum Gasteiger partial charge on any atom is 0.267 e. The van der Waals surface area contributed by atoms with E-state index in [1.54, 1.807) is 6.07 Å². The first kappa shape index (κ1) is 12.6. The molecular weight excluding hydrogens is 232 g/mol. The minimum absolute atomic E-state index is 0.0262. The Balaban J connectivity index is 2.32. The molecule has 18 heavy (non-hydrogen) atoms. The molecule has 6 heteroatoms. The van der Waals surface area contributed by atoms with Gasteiger partial charge in [0.15, 0.2) is 5.82 Å². The van der Waals surface area contributed by atoms with E-state index in [1.165, 1.54) is 12.5 Å². The van der Waals surface area contributed by atoms with Crippen molar-refractivity contribution in [3.8, 4) is 0 Å². The van der Waals surface area contributed by atoms with Gasteiger partial charge < -0.3 is 21.5 Å². The Morgan fingerprint density at radius 2 is 2.22 bits per heavy atom. The van der Waals surface area contributed by atoms with Gasteiger partial charge in [0.25, 0.3) is 5.91 Å². The highest BCUT2D eigenvalue weighted by molar-refractivity contribution is 5.91. The summed E-state index contributed by atoms with van der Waals surface area (Å²) in [6.45, 7) is 0.489. The second-order valence-electron chi connectivity index (χ2n) is 4.48. The first-order valence-corrected chi connectivity index (χ1v) is 6.07. The van der Waals surface area contributed by atoms with E-state index in [4.69, 9.17) is 16.6 Å². The number of anilines is 2. The van der Waals surface area contributed by atoms with Crippen molar-refractivity contribution in [2.45, 2.75) is 25.3 Å². The lowest BCUT2D eigenvalue weighted by Gasteiger charge is -2.38. The standard InChI is InChI=1S/C12H18N4O2/c13-9-4-5-10(11(14)18)15-12(9)16(6-7-17)8-2-1-3-8/h4-5,8,17H,1-3,6-7,13H2,(H2,14,18). The van der Waals surface area contributed by atoms with Crippen LogP contribution in [-0.4, -0.2) is 35.2 Å². The molecule has 1 aromatic rings. The number of rotatable bonds is 5. The maximum absolute atomic E-state index is 11.1. The highest BCUT2D eigenvalue weighted by atomic mass is 16.3. The number of aliphatic hydroxyl groups excluding tert-OH is 1. The van der Waals surface area contributed by atoms with Gasteiger partial charge in [-0.1, -0.05) is 0 Å². The lowest BCUT2D eigenvalue weighted by Crippen LogP contribution is -2.43. The number of nitrogens with two attached hydrogens (primary N) is 2. The van der Waals surface area contributed by atoms with Gasteiger partial charge in [0, 0.05) is 12.6 Å². The molecule has 1 aliphatic carbocycles. The second-order valence-corrected chi connectivity index (χ2v) is 4.48. The summed E-state index contributed by atoms with van der Waals surface area (Å²) in [6.07, 6.45) is 3.28. The van der Waals surface area contributed by atoms with Gasteiger partial charge in [-0.2, -0.15) is 0 Å². The maximum atomic E-state index is 11.1. The minimum Gasteiger partial charge on any atom is -0.396 e. The van der Waals surface area contributed by atoms with Crippen molar-refractivity contribution in [1.29, 1.82) is 0 Å². The van der Waals surface area contributed by atoms with E-state index >= 15 is 0 Å². The number of aromatic nitrogens is 1. The molecular formula is C12H18N4O2. The predicted molar refractivity (Wildman–Crippen MR) is 69.2 cm³/mol. The average Bonchev–Trinajstić information content (AvgIpc) is 2.26. The number of nitrogen functional groups attached to an aromatic ring is 1. The molecule has 1 saturated carbocycles. The molecule has 0 spiro atoms. The Labute approximate surface area is 106 Å². The molecule has 1 fully saturated rings. The van der Waals surface area contributed by atoms with Gasteiger partial charge in [0.1, 0.15) is 5.69 Å². The highest BCUT2D eigenvalue weighted by Gasteiger charge is 2.27. The first-order valence-electron chi connectivity index (χ1n) is 6.07. The van der Waals surface area contributed by atoms with Crippen LogP contribution in [0.2, 0.25) is 0 Å². The molecule has 0 aromatic carbocycles. The van der Waals surface area contributed by atoms with E-state index < -0.39 is 5.91 Å². The van der Waals surface area contributed by atoms with E-state index in [1.807, 2.05) is 4.90 Å². The lowest BCUT2D eigenvalue weighted by molar-refractivity contribution is 0.0995. The smallest absolute Gasteiger partial charge is 0.267 e. The molecule has 5 N–H and O–H groups in total. The van der Waals surface area contributed by atoms with Crippen LogP contribution in [0.3, 0.4) is 0 Å². The summed E-state index contributed by atoms with van der Waals surface area (Å²) in [4.78, 5) is 17.3. The number of hydrogen-bond acceptors (Lipinski definition) is 5. The number of primary amides is 1. The quantitative estimate of drug-likeness (QED) is 0.688. The summed E-state index contributed by atoms with van der Waals surface area (Å²) in [5.74, 6) is -0.0288. The molecule has 1 aromatic heterocycles. The summed E-state index contributed by atoms with van der Waals surface area (Å²) in [5.41, 5.74) is 11.8. The number of hydrogen-bond donors (Lipinski definition) is 3. The van der Waals surface area contributed by atoms with Crippen molar-refractivity contribution < 1.29 is 9.90 Å². The van der Waals surface area contributed by atoms with E-state index in [9.17, 15) is 4.79 Å². The van der Waals surface area contributed by atoms with Crippen LogP contribution in [-0.2, 0) is 0 Å². The highest BCUT2D eigenvalue weighted by Crippen LogP contribution is 2.31. The number of carbonyl (C=O) groups is 1. The Bertz CT molecular complexity index is 446. The predicted octanol–water partition coefficient (Wildman–Crippen LogP) is 0.114. The third kappa shape index (κ3) is 2.38. The summed E-state index contributed by atoms with van der Waals surface area (Å²) in [6, 6.07) is 3.49. The van der Waals surface area contributed by atoms with Gasteiger partial charge in [-0.05, 0) is 31.4 Å². The number of pyridine rings is 1. The van der Waals surface area contributed by atoms with Crippen molar-refractivity contribution in [1.82, 2.24) is 4.98 Å². The summed E-state index contributed by atoms with van der Waals surface area (Å²) in [5, 5.41) is 9.13. The van der Waals surface area contributed by atoms with E-state index in [-0.39, 0.29) is 12.3 Å². The van der Waals surface area contributed by atoms with Crippen molar-refractivity contribution in [3.05, 3.63) is 17.8 Å². The molecule has 0 saturated heterocycles. The van der Waals surface area contributed by atoms with Crippen LogP contribution in [0.1, 0.15) is 29.8 Å². The van der Waals surface area contributed by atoms with Crippen molar-refractivity contribution >= 4 is 17.4 Å². The topological polar surface area (TPSA) is 105 Å². The molecule has 1 amide bonds. The fraction of sp³-hybridized carbons (Fsp3) is 0.500. The third-order valence-electron chi connectivity index (χ3n) is 3.29. The molecule has 6 nitrogen and oxygen atoms in total. The zero-order valence-corrected chi connectivity index (χ0v) is 10.2. The largest absolute Gasteiger partial charge is 0.396 e. The van der Waals surface area contributed by atoms with Gasteiger partial charge in [-0.3, -0.25) is 4.79 Å². The zero-order chi connectivity index (χ0) is 13.1.